The molecule has 2 rings (SSSR count). The van der Waals surface area contributed by atoms with Gasteiger partial charge < -0.3 is 10.4 Å². The topological polar surface area (TPSA) is 49.3 Å². The maximum atomic E-state index is 11.9. The van der Waals surface area contributed by atoms with Crippen molar-refractivity contribution in [1.82, 2.24) is 5.32 Å². The van der Waals surface area contributed by atoms with E-state index in [2.05, 4.69) is 37.4 Å². The molecular weight excluding hydrogens is 262 g/mol. The quantitative estimate of drug-likeness (QED) is 0.885. The summed E-state index contributed by atoms with van der Waals surface area (Å²) in [5.41, 5.74) is 3.09. The van der Waals surface area contributed by atoms with Gasteiger partial charge in [-0.05, 0) is 24.5 Å². The van der Waals surface area contributed by atoms with Crippen molar-refractivity contribution in [3.63, 3.8) is 0 Å². The number of amides is 1. The number of hydrogen-bond donors (Lipinski definition) is 2. The van der Waals surface area contributed by atoms with Gasteiger partial charge in [-0.15, -0.1) is 0 Å². The Hall–Kier alpha value is -2.29. The molecule has 2 aromatic carbocycles. The fraction of sp³-hybridized carbons (Fsp3) is 0.278. The Balaban J connectivity index is 1.88. The number of phenols is 1. The summed E-state index contributed by atoms with van der Waals surface area (Å²) in [4.78, 5) is 11.9. The molecule has 0 aliphatic carbocycles. The minimum absolute atomic E-state index is 0.0731. The van der Waals surface area contributed by atoms with E-state index in [9.17, 15) is 9.90 Å². The van der Waals surface area contributed by atoms with E-state index in [1.54, 1.807) is 18.2 Å². The highest BCUT2D eigenvalue weighted by Crippen LogP contribution is 2.17. The third-order valence-corrected chi connectivity index (χ3v) is 3.56. The Morgan fingerprint density at radius 3 is 2.67 bits per heavy atom. The van der Waals surface area contributed by atoms with Gasteiger partial charge in [0.2, 0.25) is 5.91 Å². The van der Waals surface area contributed by atoms with E-state index in [4.69, 9.17) is 0 Å². The van der Waals surface area contributed by atoms with Crippen LogP contribution < -0.4 is 5.32 Å². The van der Waals surface area contributed by atoms with Gasteiger partial charge in [0.25, 0.3) is 0 Å². The molecule has 2 N–H and O–H groups in total. The van der Waals surface area contributed by atoms with E-state index in [-0.39, 0.29) is 24.0 Å². The van der Waals surface area contributed by atoms with Crippen LogP contribution in [0.15, 0.2) is 48.5 Å². The van der Waals surface area contributed by atoms with Crippen molar-refractivity contribution >= 4 is 5.91 Å². The number of benzene rings is 2. The second-order valence-electron chi connectivity index (χ2n) is 5.42. The second-order valence-corrected chi connectivity index (χ2v) is 5.42. The molecule has 0 aliphatic heterocycles. The van der Waals surface area contributed by atoms with Crippen LogP contribution in [0, 0.1) is 6.92 Å². The van der Waals surface area contributed by atoms with Gasteiger partial charge >= 0.3 is 0 Å². The third kappa shape index (κ3) is 4.35. The first-order valence-corrected chi connectivity index (χ1v) is 7.16. The van der Waals surface area contributed by atoms with Crippen LogP contribution in [-0.4, -0.2) is 17.6 Å². The molecule has 1 atom stereocenters. The van der Waals surface area contributed by atoms with Crippen molar-refractivity contribution in [2.75, 3.05) is 6.54 Å². The Bertz CT molecular complexity index is 622. The zero-order valence-corrected chi connectivity index (χ0v) is 12.5. The van der Waals surface area contributed by atoms with Crippen molar-refractivity contribution in [1.29, 1.82) is 0 Å². The number of carbonyl (C=O) groups excluding carboxylic acids is 1. The molecule has 0 saturated heterocycles. The molecule has 2 aromatic rings. The summed E-state index contributed by atoms with van der Waals surface area (Å²) < 4.78 is 0. The zero-order valence-electron chi connectivity index (χ0n) is 12.5. The molecule has 0 aromatic heterocycles. The number of aromatic hydroxyl groups is 1. The number of hydrogen-bond acceptors (Lipinski definition) is 2. The van der Waals surface area contributed by atoms with Gasteiger partial charge in [0.05, 0.1) is 6.42 Å². The summed E-state index contributed by atoms with van der Waals surface area (Å²) in [5.74, 6) is 0.355. The summed E-state index contributed by atoms with van der Waals surface area (Å²) in [5, 5.41) is 12.6. The fourth-order valence-corrected chi connectivity index (χ4v) is 2.26. The molecule has 3 nitrogen and oxygen atoms in total. The molecule has 0 spiro atoms. The van der Waals surface area contributed by atoms with Crippen LogP contribution in [0.4, 0.5) is 0 Å². The lowest BCUT2D eigenvalue weighted by Crippen LogP contribution is -2.28. The highest BCUT2D eigenvalue weighted by molar-refractivity contribution is 5.79. The molecule has 0 bridgehead atoms. The van der Waals surface area contributed by atoms with E-state index in [1.807, 2.05) is 12.1 Å². The maximum Gasteiger partial charge on any atom is 0.224 e. The third-order valence-electron chi connectivity index (χ3n) is 3.56. The van der Waals surface area contributed by atoms with E-state index in [0.29, 0.717) is 12.1 Å². The lowest BCUT2D eigenvalue weighted by Gasteiger charge is -2.14. The van der Waals surface area contributed by atoms with Crippen LogP contribution in [0.3, 0.4) is 0 Å². The van der Waals surface area contributed by atoms with Gasteiger partial charge in [-0.1, -0.05) is 55.0 Å². The van der Waals surface area contributed by atoms with Gasteiger partial charge in [0.1, 0.15) is 5.75 Å². The molecule has 0 radical (unpaired) electrons. The molecule has 0 aliphatic rings. The van der Waals surface area contributed by atoms with Crippen LogP contribution in [0.2, 0.25) is 0 Å². The lowest BCUT2D eigenvalue weighted by atomic mass is 9.99. The van der Waals surface area contributed by atoms with Crippen molar-refractivity contribution < 1.29 is 9.90 Å². The normalized spacial score (nSPS) is 11.9. The van der Waals surface area contributed by atoms with Gasteiger partial charge in [-0.2, -0.15) is 0 Å². The monoisotopic (exact) mass is 283 g/mol. The highest BCUT2D eigenvalue weighted by atomic mass is 16.3. The van der Waals surface area contributed by atoms with Crippen molar-refractivity contribution in [2.45, 2.75) is 26.2 Å². The number of carbonyl (C=O) groups is 1. The first kappa shape index (κ1) is 15.1. The van der Waals surface area contributed by atoms with E-state index in [0.717, 1.165) is 0 Å². The second kappa shape index (κ2) is 6.93. The largest absolute Gasteiger partial charge is 0.508 e. The molecule has 0 fully saturated rings. The van der Waals surface area contributed by atoms with Crippen LogP contribution in [0.1, 0.15) is 29.5 Å². The zero-order chi connectivity index (χ0) is 15.2. The first-order chi connectivity index (χ1) is 10.1. The SMILES string of the molecule is Cc1cccc(C(C)CNC(=O)Cc2ccccc2O)c1. The Morgan fingerprint density at radius 1 is 1.19 bits per heavy atom. The minimum Gasteiger partial charge on any atom is -0.508 e. The number of rotatable bonds is 5. The van der Waals surface area contributed by atoms with Gasteiger partial charge in [-0.25, -0.2) is 0 Å². The fourth-order valence-electron chi connectivity index (χ4n) is 2.26. The molecule has 1 amide bonds. The number of aryl methyl sites for hydroxylation is 1. The van der Waals surface area contributed by atoms with Crippen LogP contribution in [-0.2, 0) is 11.2 Å². The standard InChI is InChI=1S/C18H21NO2/c1-13-6-5-8-15(10-13)14(2)12-19-18(21)11-16-7-3-4-9-17(16)20/h3-10,14,20H,11-12H2,1-2H3,(H,19,21). The van der Waals surface area contributed by atoms with Gasteiger partial charge in [0.15, 0.2) is 0 Å². The summed E-state index contributed by atoms with van der Waals surface area (Å²) in [6, 6.07) is 15.2. The molecule has 3 heteroatoms. The van der Waals surface area contributed by atoms with Crippen LogP contribution in [0.25, 0.3) is 0 Å². The maximum absolute atomic E-state index is 11.9. The van der Waals surface area contributed by atoms with Gasteiger partial charge in [0, 0.05) is 12.1 Å². The molecule has 21 heavy (non-hydrogen) atoms. The smallest absolute Gasteiger partial charge is 0.224 e. The van der Waals surface area contributed by atoms with E-state index in [1.165, 1.54) is 11.1 Å². The summed E-state index contributed by atoms with van der Waals surface area (Å²) >= 11 is 0. The number of phenolic OH excluding ortho intramolecular Hbond substituents is 1. The molecule has 0 saturated carbocycles. The Labute approximate surface area is 125 Å². The average Bonchev–Trinajstić information content (AvgIpc) is 2.47. The first-order valence-electron chi connectivity index (χ1n) is 7.16. The summed E-state index contributed by atoms with van der Waals surface area (Å²) in [7, 11) is 0. The Morgan fingerprint density at radius 2 is 1.95 bits per heavy atom. The summed E-state index contributed by atoms with van der Waals surface area (Å²) in [6.07, 6.45) is 0.202. The van der Waals surface area contributed by atoms with E-state index >= 15 is 0 Å². The predicted octanol–water partition coefficient (Wildman–Crippen LogP) is 3.16. The lowest BCUT2D eigenvalue weighted by molar-refractivity contribution is -0.120. The van der Waals surface area contributed by atoms with Crippen LogP contribution >= 0.6 is 0 Å². The van der Waals surface area contributed by atoms with Crippen molar-refractivity contribution in [2.24, 2.45) is 0 Å². The molecule has 110 valence electrons. The number of nitrogens with one attached hydrogen (secondary N) is 1. The van der Waals surface area contributed by atoms with E-state index < -0.39 is 0 Å². The Kier molecular flexibility index (Phi) is 4.99. The molecule has 0 heterocycles. The van der Waals surface area contributed by atoms with Crippen LogP contribution in [0.5, 0.6) is 5.75 Å². The predicted molar refractivity (Wildman–Crippen MR) is 84.4 cm³/mol. The summed E-state index contributed by atoms with van der Waals surface area (Å²) in [6.45, 7) is 4.75. The molecule has 1 unspecified atom stereocenters. The van der Waals surface area contributed by atoms with Gasteiger partial charge in [-0.3, -0.25) is 4.79 Å². The van der Waals surface area contributed by atoms with Crippen molar-refractivity contribution in [3.8, 4) is 5.75 Å². The highest BCUT2D eigenvalue weighted by Gasteiger charge is 2.10. The average molecular weight is 283 g/mol. The number of para-hydroxylation sites is 1. The van der Waals surface area contributed by atoms with Crippen molar-refractivity contribution in [3.05, 3.63) is 65.2 Å². The minimum atomic E-state index is -0.0731. The molecular formula is C18H21NO2.